The lowest BCUT2D eigenvalue weighted by Crippen LogP contribution is -2.58. The molecule has 17 nitrogen and oxygen atoms in total. The Kier molecular flexibility index (Phi) is 17.5. The van der Waals surface area contributed by atoms with E-state index in [0.29, 0.717) is 25.7 Å². The van der Waals surface area contributed by atoms with Crippen LogP contribution < -0.4 is 43.4 Å². The predicted octanol–water partition coefficient (Wildman–Crippen LogP) is -2.50. The number of hydrogen-bond donors (Lipinski definition) is 8. The van der Waals surface area contributed by atoms with Crippen molar-refractivity contribution in [3.8, 4) is 0 Å². The Morgan fingerprint density at radius 3 is 1.94 bits per heavy atom. The largest absolute Gasteiger partial charge is 0.368 e. The van der Waals surface area contributed by atoms with Crippen LogP contribution >= 0.6 is 0 Å². The maximum absolute atomic E-state index is 13.3. The maximum atomic E-state index is 13.3. The average molecular weight is 682 g/mol. The van der Waals surface area contributed by atoms with Crippen LogP contribution in [-0.4, -0.2) is 108 Å². The lowest BCUT2D eigenvalue weighted by molar-refractivity contribution is -0.140. The molecule has 1 saturated heterocycles. The van der Waals surface area contributed by atoms with Crippen LogP contribution in [0.4, 0.5) is 0 Å². The quantitative estimate of drug-likeness (QED) is 0.0715. The number of primary amides is 1. The van der Waals surface area contributed by atoms with Crippen LogP contribution in [0.3, 0.4) is 0 Å². The van der Waals surface area contributed by atoms with Crippen LogP contribution in [0.5, 0.6) is 0 Å². The molecule has 0 bridgehead atoms. The number of nitrogens with one attached hydrogen (secondary N) is 6. The Morgan fingerprint density at radius 1 is 0.792 bits per heavy atom. The SMILES string of the molecule is CC[C@@H](C)[C@@H](NC(=O)[C@@H]1CCCN1C(=O)CNC(=O)[C@H](C)NC(=O)[C@H](CCCN)NC(=O)[C@@H](NC(C)=O)C(C)C)C(=O)N[C@H](C)C(N)=O. The summed E-state index contributed by atoms with van der Waals surface area (Å²) in [6, 6.07) is -5.78. The van der Waals surface area contributed by atoms with Gasteiger partial charge in [-0.25, -0.2) is 0 Å². The van der Waals surface area contributed by atoms with Crippen molar-refractivity contribution in [2.75, 3.05) is 19.6 Å². The molecule has 7 atom stereocenters. The van der Waals surface area contributed by atoms with Crippen molar-refractivity contribution in [2.24, 2.45) is 23.3 Å². The minimum atomic E-state index is -1.09. The van der Waals surface area contributed by atoms with Crippen LogP contribution in [0.15, 0.2) is 0 Å². The van der Waals surface area contributed by atoms with Crippen LogP contribution in [0.2, 0.25) is 0 Å². The van der Waals surface area contributed by atoms with Gasteiger partial charge in [-0.3, -0.25) is 38.4 Å². The van der Waals surface area contributed by atoms with Crippen molar-refractivity contribution in [2.45, 2.75) is 117 Å². The molecule has 0 radical (unpaired) electrons. The molecule has 1 rings (SSSR count). The molecular weight excluding hydrogens is 626 g/mol. The highest BCUT2D eigenvalue weighted by Crippen LogP contribution is 2.19. The van der Waals surface area contributed by atoms with E-state index >= 15 is 0 Å². The minimum absolute atomic E-state index is 0.188. The fourth-order valence-electron chi connectivity index (χ4n) is 5.07. The molecule has 0 aliphatic carbocycles. The highest BCUT2D eigenvalue weighted by Gasteiger charge is 2.37. The van der Waals surface area contributed by atoms with E-state index in [2.05, 4.69) is 31.9 Å². The number of carbonyl (C=O) groups is 8. The van der Waals surface area contributed by atoms with Crippen LogP contribution in [0, 0.1) is 11.8 Å². The summed E-state index contributed by atoms with van der Waals surface area (Å²) in [7, 11) is 0. The molecule has 0 aromatic rings. The van der Waals surface area contributed by atoms with Gasteiger partial charge in [-0.05, 0) is 57.9 Å². The van der Waals surface area contributed by atoms with Gasteiger partial charge >= 0.3 is 0 Å². The zero-order valence-corrected chi connectivity index (χ0v) is 29.1. The van der Waals surface area contributed by atoms with Crippen LogP contribution in [-0.2, 0) is 38.4 Å². The van der Waals surface area contributed by atoms with E-state index in [0.717, 1.165) is 0 Å². The molecule has 0 unspecified atom stereocenters. The van der Waals surface area contributed by atoms with Crippen molar-refractivity contribution in [3.05, 3.63) is 0 Å². The Labute approximate surface area is 282 Å². The standard InChI is InChI=1S/C31H55N9O8/c1-8-17(4)25(31(48)35-18(5)26(33)43)39-29(46)22-12-10-14-40(22)23(42)15-34-27(44)19(6)36-28(45)21(11-9-13-32)38-30(47)24(16(2)3)37-20(7)41/h16-19,21-22,24-25H,8-15,32H2,1-7H3,(H2,33,43)(H,34,44)(H,35,48)(H,36,45)(H,37,41)(H,38,47)(H,39,46)/t17-,18-,19+,21+,22+,24+,25-/m1/s1. The highest BCUT2D eigenvalue weighted by molar-refractivity contribution is 5.96. The van der Waals surface area contributed by atoms with Crippen molar-refractivity contribution in [1.82, 2.24) is 36.8 Å². The summed E-state index contributed by atoms with van der Waals surface area (Å²) in [6.07, 6.45) is 2.01. The first-order chi connectivity index (χ1) is 22.4. The molecule has 17 heteroatoms. The molecule has 1 aliphatic rings. The van der Waals surface area contributed by atoms with E-state index < -0.39 is 90.1 Å². The van der Waals surface area contributed by atoms with Crippen LogP contribution in [0.25, 0.3) is 0 Å². The van der Waals surface area contributed by atoms with Gasteiger partial charge in [0.2, 0.25) is 47.3 Å². The molecule has 0 aromatic heterocycles. The Morgan fingerprint density at radius 2 is 1.40 bits per heavy atom. The molecule has 10 N–H and O–H groups in total. The van der Waals surface area contributed by atoms with E-state index in [-0.39, 0.29) is 31.3 Å². The summed E-state index contributed by atoms with van der Waals surface area (Å²) in [5.41, 5.74) is 10.9. The number of nitrogens with zero attached hydrogens (tertiary/aromatic N) is 1. The molecule has 1 fully saturated rings. The van der Waals surface area contributed by atoms with E-state index in [1.807, 2.05) is 6.92 Å². The first kappa shape index (κ1) is 41.7. The first-order valence-electron chi connectivity index (χ1n) is 16.5. The zero-order valence-electron chi connectivity index (χ0n) is 29.1. The second-order valence-corrected chi connectivity index (χ2v) is 12.6. The smallest absolute Gasteiger partial charge is 0.243 e. The van der Waals surface area contributed by atoms with Gasteiger partial charge in [0.15, 0.2) is 0 Å². The normalized spacial score (nSPS) is 17.9. The molecule has 0 aromatic carbocycles. The third-order valence-electron chi connectivity index (χ3n) is 8.26. The van der Waals surface area contributed by atoms with Gasteiger partial charge in [-0.1, -0.05) is 34.1 Å². The fraction of sp³-hybridized carbons (Fsp3) is 0.742. The van der Waals surface area contributed by atoms with E-state index in [4.69, 9.17) is 11.5 Å². The summed E-state index contributed by atoms with van der Waals surface area (Å²) in [5, 5.41) is 15.4. The van der Waals surface area contributed by atoms with Gasteiger partial charge < -0.3 is 48.3 Å². The number of likely N-dealkylation sites (tertiary alicyclic amines) is 1. The number of rotatable bonds is 19. The molecule has 1 aliphatic heterocycles. The van der Waals surface area contributed by atoms with Gasteiger partial charge in [0, 0.05) is 13.5 Å². The second-order valence-electron chi connectivity index (χ2n) is 12.6. The summed E-state index contributed by atoms with van der Waals surface area (Å²) in [6.45, 7) is 11.3. The Balaban J connectivity index is 2.84. The number of hydrogen-bond acceptors (Lipinski definition) is 9. The van der Waals surface area contributed by atoms with Crippen LogP contribution in [0.1, 0.15) is 80.6 Å². The molecule has 272 valence electrons. The zero-order chi connectivity index (χ0) is 36.7. The molecule has 8 amide bonds. The predicted molar refractivity (Wildman–Crippen MR) is 176 cm³/mol. The topological polar surface area (TPSA) is 264 Å². The van der Waals surface area contributed by atoms with Gasteiger partial charge in [-0.2, -0.15) is 0 Å². The monoisotopic (exact) mass is 681 g/mol. The highest BCUT2D eigenvalue weighted by atomic mass is 16.2. The molecule has 0 spiro atoms. The first-order valence-corrected chi connectivity index (χ1v) is 16.5. The Hall–Kier alpha value is -4.28. The fourth-order valence-corrected chi connectivity index (χ4v) is 5.07. The third-order valence-corrected chi connectivity index (χ3v) is 8.26. The summed E-state index contributed by atoms with van der Waals surface area (Å²) in [5.74, 6) is -5.17. The van der Waals surface area contributed by atoms with Crippen molar-refractivity contribution >= 4 is 47.3 Å². The number of carbonyl (C=O) groups excluding carboxylic acids is 8. The lowest BCUT2D eigenvalue weighted by atomic mass is 9.97. The Bertz CT molecular complexity index is 1180. The van der Waals surface area contributed by atoms with Gasteiger partial charge in [0.25, 0.3) is 0 Å². The summed E-state index contributed by atoms with van der Waals surface area (Å²) >= 11 is 0. The lowest BCUT2D eigenvalue weighted by Gasteiger charge is -2.29. The minimum Gasteiger partial charge on any atom is -0.368 e. The molecule has 0 saturated carbocycles. The van der Waals surface area contributed by atoms with Crippen molar-refractivity contribution in [3.63, 3.8) is 0 Å². The maximum Gasteiger partial charge on any atom is 0.243 e. The number of amides is 8. The van der Waals surface area contributed by atoms with Gasteiger partial charge in [-0.15, -0.1) is 0 Å². The van der Waals surface area contributed by atoms with E-state index in [1.54, 1.807) is 20.8 Å². The second kappa shape index (κ2) is 20.2. The van der Waals surface area contributed by atoms with Crippen molar-refractivity contribution in [1.29, 1.82) is 0 Å². The average Bonchev–Trinajstić information content (AvgIpc) is 3.52. The van der Waals surface area contributed by atoms with E-state index in [9.17, 15) is 38.4 Å². The molecular formula is C31H55N9O8. The summed E-state index contributed by atoms with van der Waals surface area (Å²) < 4.78 is 0. The molecule has 1 heterocycles. The summed E-state index contributed by atoms with van der Waals surface area (Å²) in [4.78, 5) is 102. The van der Waals surface area contributed by atoms with E-state index in [1.165, 1.54) is 25.7 Å². The number of nitrogens with two attached hydrogens (primary N) is 2. The van der Waals surface area contributed by atoms with Crippen molar-refractivity contribution < 1.29 is 38.4 Å². The third kappa shape index (κ3) is 13.1. The van der Waals surface area contributed by atoms with Gasteiger partial charge in [0.1, 0.15) is 36.3 Å². The van der Waals surface area contributed by atoms with Gasteiger partial charge in [0.05, 0.1) is 6.54 Å². The molecule has 48 heavy (non-hydrogen) atoms.